The standard InChI is InChI=1S/C16H15FN6O3/c1-8-5-9(3-4-10(8)17)7-19-13(24)11-6-12(14(25)26-2)23-16(20-11)21-15(18)22-23/h3-6H,7H2,1-2H3,(H2,18,22)(H,19,24). The summed E-state index contributed by atoms with van der Waals surface area (Å²) < 4.78 is 19.1. The van der Waals surface area contributed by atoms with E-state index in [9.17, 15) is 14.0 Å². The number of benzene rings is 1. The summed E-state index contributed by atoms with van der Waals surface area (Å²) in [6.45, 7) is 1.80. The first-order chi connectivity index (χ1) is 12.4. The number of fused-ring (bicyclic) bond motifs is 1. The molecule has 9 nitrogen and oxygen atoms in total. The number of nitrogens with zero attached hydrogens (tertiary/aromatic N) is 4. The molecule has 1 amide bonds. The van der Waals surface area contributed by atoms with Crippen LogP contribution in [0.15, 0.2) is 24.3 Å². The van der Waals surface area contributed by atoms with Crippen molar-refractivity contribution in [2.75, 3.05) is 12.8 Å². The van der Waals surface area contributed by atoms with E-state index >= 15 is 0 Å². The Labute approximate surface area is 147 Å². The van der Waals surface area contributed by atoms with Gasteiger partial charge in [-0.25, -0.2) is 14.2 Å². The molecule has 0 saturated carbocycles. The third-order valence-corrected chi connectivity index (χ3v) is 3.63. The number of nitrogen functional groups attached to an aromatic ring is 1. The van der Waals surface area contributed by atoms with E-state index in [2.05, 4.69) is 25.1 Å². The molecule has 0 saturated heterocycles. The Morgan fingerprint density at radius 1 is 1.31 bits per heavy atom. The molecule has 0 unspecified atom stereocenters. The largest absolute Gasteiger partial charge is 0.464 e. The highest BCUT2D eigenvalue weighted by Crippen LogP contribution is 2.11. The van der Waals surface area contributed by atoms with Crippen LogP contribution in [0.4, 0.5) is 10.3 Å². The van der Waals surface area contributed by atoms with Crippen LogP contribution in [0.5, 0.6) is 0 Å². The molecule has 3 aromatic rings. The molecule has 1 aromatic carbocycles. The Morgan fingerprint density at radius 3 is 2.77 bits per heavy atom. The molecular formula is C16H15FN6O3. The number of methoxy groups -OCH3 is 1. The van der Waals surface area contributed by atoms with E-state index in [0.717, 1.165) is 10.1 Å². The normalized spacial score (nSPS) is 10.7. The summed E-state index contributed by atoms with van der Waals surface area (Å²) in [6, 6.07) is 5.76. The van der Waals surface area contributed by atoms with E-state index in [4.69, 9.17) is 5.73 Å². The van der Waals surface area contributed by atoms with Crippen molar-refractivity contribution < 1.29 is 18.7 Å². The Hall–Kier alpha value is -3.56. The lowest BCUT2D eigenvalue weighted by Gasteiger charge is -2.08. The number of esters is 1. The number of nitrogens with one attached hydrogen (secondary N) is 1. The number of carbonyl (C=O) groups is 2. The Balaban J connectivity index is 1.87. The quantitative estimate of drug-likeness (QED) is 0.663. The van der Waals surface area contributed by atoms with Crippen LogP contribution in [0.1, 0.15) is 32.1 Å². The second-order valence-electron chi connectivity index (χ2n) is 5.47. The molecule has 134 valence electrons. The monoisotopic (exact) mass is 358 g/mol. The summed E-state index contributed by atoms with van der Waals surface area (Å²) >= 11 is 0. The molecule has 0 atom stereocenters. The third-order valence-electron chi connectivity index (χ3n) is 3.63. The lowest BCUT2D eigenvalue weighted by Crippen LogP contribution is -2.25. The summed E-state index contributed by atoms with van der Waals surface area (Å²) in [6.07, 6.45) is 0. The molecule has 0 spiro atoms. The fourth-order valence-electron chi connectivity index (χ4n) is 2.34. The molecule has 0 fully saturated rings. The molecule has 0 aliphatic carbocycles. The minimum atomic E-state index is -0.717. The summed E-state index contributed by atoms with van der Waals surface area (Å²) in [7, 11) is 1.20. The van der Waals surface area contributed by atoms with Gasteiger partial charge in [0.2, 0.25) is 5.95 Å². The van der Waals surface area contributed by atoms with Gasteiger partial charge in [0.15, 0.2) is 5.69 Å². The van der Waals surface area contributed by atoms with Gasteiger partial charge in [-0.1, -0.05) is 12.1 Å². The molecule has 10 heteroatoms. The lowest BCUT2D eigenvalue weighted by atomic mass is 10.1. The van der Waals surface area contributed by atoms with Crippen molar-refractivity contribution in [3.63, 3.8) is 0 Å². The van der Waals surface area contributed by atoms with Crippen LogP contribution in [0.25, 0.3) is 5.78 Å². The van der Waals surface area contributed by atoms with E-state index in [1.807, 2.05) is 0 Å². The minimum absolute atomic E-state index is 0.00632. The van der Waals surface area contributed by atoms with Gasteiger partial charge >= 0.3 is 5.97 Å². The van der Waals surface area contributed by atoms with E-state index < -0.39 is 11.9 Å². The summed E-state index contributed by atoms with van der Waals surface area (Å²) in [5.74, 6) is -1.68. The van der Waals surface area contributed by atoms with Crippen molar-refractivity contribution in [3.05, 3.63) is 52.6 Å². The van der Waals surface area contributed by atoms with Gasteiger partial charge in [0.1, 0.15) is 11.5 Å². The average molecular weight is 358 g/mol. The zero-order valence-corrected chi connectivity index (χ0v) is 14.0. The number of anilines is 1. The molecule has 0 aliphatic heterocycles. The van der Waals surface area contributed by atoms with Crippen LogP contribution in [0, 0.1) is 12.7 Å². The predicted molar refractivity (Wildman–Crippen MR) is 88.8 cm³/mol. The molecule has 26 heavy (non-hydrogen) atoms. The van der Waals surface area contributed by atoms with E-state index in [1.54, 1.807) is 19.1 Å². The fraction of sp³-hybridized carbons (Fsp3) is 0.188. The van der Waals surface area contributed by atoms with Gasteiger partial charge in [0, 0.05) is 12.6 Å². The van der Waals surface area contributed by atoms with Crippen molar-refractivity contribution in [1.82, 2.24) is 24.9 Å². The van der Waals surface area contributed by atoms with Crippen LogP contribution >= 0.6 is 0 Å². The van der Waals surface area contributed by atoms with Gasteiger partial charge in [-0.15, -0.1) is 5.10 Å². The highest BCUT2D eigenvalue weighted by molar-refractivity contribution is 5.96. The zero-order valence-electron chi connectivity index (χ0n) is 14.0. The summed E-state index contributed by atoms with van der Waals surface area (Å²) in [5.41, 5.74) is 6.63. The Kier molecular flexibility index (Phi) is 4.48. The van der Waals surface area contributed by atoms with Crippen LogP contribution in [0.2, 0.25) is 0 Å². The average Bonchev–Trinajstić information content (AvgIpc) is 3.00. The highest BCUT2D eigenvalue weighted by atomic mass is 19.1. The van der Waals surface area contributed by atoms with Gasteiger partial charge in [-0.3, -0.25) is 4.79 Å². The number of hydrogen-bond donors (Lipinski definition) is 2. The van der Waals surface area contributed by atoms with Gasteiger partial charge < -0.3 is 15.8 Å². The number of amides is 1. The first kappa shape index (κ1) is 17.3. The SMILES string of the molecule is COC(=O)c1cc(C(=O)NCc2ccc(F)c(C)c2)nc2nc(N)nn12. The van der Waals surface area contributed by atoms with Crippen molar-refractivity contribution in [1.29, 1.82) is 0 Å². The predicted octanol–water partition coefficient (Wildman–Crippen LogP) is 0.871. The molecule has 2 heterocycles. The maximum absolute atomic E-state index is 13.3. The molecular weight excluding hydrogens is 343 g/mol. The number of hydrogen-bond acceptors (Lipinski definition) is 7. The van der Waals surface area contributed by atoms with Crippen LogP contribution in [-0.4, -0.2) is 38.6 Å². The number of aromatic nitrogens is 4. The Bertz CT molecular complexity index is 1020. The van der Waals surface area contributed by atoms with E-state index in [-0.39, 0.29) is 35.5 Å². The van der Waals surface area contributed by atoms with Gasteiger partial charge in [0.25, 0.3) is 11.7 Å². The van der Waals surface area contributed by atoms with Crippen molar-refractivity contribution in [2.24, 2.45) is 0 Å². The van der Waals surface area contributed by atoms with E-state index in [0.29, 0.717) is 5.56 Å². The lowest BCUT2D eigenvalue weighted by molar-refractivity contribution is 0.0590. The van der Waals surface area contributed by atoms with Crippen LogP contribution < -0.4 is 11.1 Å². The molecule has 0 bridgehead atoms. The minimum Gasteiger partial charge on any atom is -0.464 e. The fourth-order valence-corrected chi connectivity index (χ4v) is 2.34. The molecule has 2 aromatic heterocycles. The van der Waals surface area contributed by atoms with Gasteiger partial charge in [0.05, 0.1) is 7.11 Å². The first-order valence-corrected chi connectivity index (χ1v) is 7.54. The van der Waals surface area contributed by atoms with Crippen molar-refractivity contribution in [2.45, 2.75) is 13.5 Å². The molecule has 3 N–H and O–H groups in total. The smallest absolute Gasteiger partial charge is 0.356 e. The Morgan fingerprint density at radius 2 is 2.08 bits per heavy atom. The number of carbonyl (C=O) groups excluding carboxylic acids is 2. The summed E-state index contributed by atoms with van der Waals surface area (Å²) in [5, 5.41) is 6.50. The third kappa shape index (κ3) is 3.29. The van der Waals surface area contributed by atoms with E-state index in [1.165, 1.54) is 19.2 Å². The number of nitrogens with two attached hydrogens (primary N) is 1. The van der Waals surface area contributed by atoms with Gasteiger partial charge in [-0.2, -0.15) is 9.50 Å². The highest BCUT2D eigenvalue weighted by Gasteiger charge is 2.19. The maximum Gasteiger partial charge on any atom is 0.356 e. The second-order valence-corrected chi connectivity index (χ2v) is 5.47. The number of aryl methyl sites for hydroxylation is 1. The maximum atomic E-state index is 13.3. The molecule has 0 radical (unpaired) electrons. The van der Waals surface area contributed by atoms with Gasteiger partial charge in [-0.05, 0) is 24.1 Å². The van der Waals surface area contributed by atoms with Crippen molar-refractivity contribution >= 4 is 23.6 Å². The molecule has 0 aliphatic rings. The molecule has 3 rings (SSSR count). The first-order valence-electron chi connectivity index (χ1n) is 7.54. The number of halogens is 1. The zero-order chi connectivity index (χ0) is 18.8. The second kappa shape index (κ2) is 6.75. The number of ether oxygens (including phenoxy) is 1. The number of rotatable bonds is 4. The van der Waals surface area contributed by atoms with Crippen molar-refractivity contribution in [3.8, 4) is 0 Å². The van der Waals surface area contributed by atoms with Crippen LogP contribution in [-0.2, 0) is 11.3 Å². The van der Waals surface area contributed by atoms with Crippen LogP contribution in [0.3, 0.4) is 0 Å². The summed E-state index contributed by atoms with van der Waals surface area (Å²) in [4.78, 5) is 32.2. The topological polar surface area (TPSA) is 124 Å².